The minimum absolute atomic E-state index is 0.599. The third kappa shape index (κ3) is 2.49. The molecule has 2 aromatic rings. The second-order valence-electron chi connectivity index (χ2n) is 3.00. The molecule has 2 aromatic heterocycles. The van der Waals surface area contributed by atoms with Gasteiger partial charge in [0.2, 0.25) is 0 Å². The van der Waals surface area contributed by atoms with Gasteiger partial charge in [-0.3, -0.25) is 4.98 Å². The number of hydrogen-bond acceptors (Lipinski definition) is 3. The molecule has 2 heterocycles. The first kappa shape index (κ1) is 10.9. The molecule has 0 aliphatic heterocycles. The molecular formula is C9H8BrIN4. The smallest absolute Gasteiger partial charge is 0.135 e. The van der Waals surface area contributed by atoms with Crippen molar-refractivity contribution in [3.05, 3.63) is 38.3 Å². The van der Waals surface area contributed by atoms with Crippen LogP contribution in [-0.4, -0.2) is 14.8 Å². The van der Waals surface area contributed by atoms with Crippen LogP contribution in [0.2, 0.25) is 0 Å². The van der Waals surface area contributed by atoms with Crippen LogP contribution in [-0.2, 0) is 6.54 Å². The molecule has 0 atom stereocenters. The Morgan fingerprint density at radius 3 is 2.73 bits per heavy atom. The van der Waals surface area contributed by atoms with Gasteiger partial charge in [0, 0.05) is 10.7 Å². The minimum atomic E-state index is 0.599. The summed E-state index contributed by atoms with van der Waals surface area (Å²) >= 11 is 5.50. The number of pyridine rings is 1. The van der Waals surface area contributed by atoms with E-state index in [0.29, 0.717) is 12.4 Å². The zero-order valence-corrected chi connectivity index (χ0v) is 11.4. The lowest BCUT2D eigenvalue weighted by molar-refractivity contribution is 0.682. The fourth-order valence-electron chi connectivity index (χ4n) is 1.15. The van der Waals surface area contributed by atoms with Gasteiger partial charge in [-0.1, -0.05) is 0 Å². The molecule has 0 saturated heterocycles. The third-order valence-electron chi connectivity index (χ3n) is 1.93. The Kier molecular flexibility index (Phi) is 3.25. The van der Waals surface area contributed by atoms with Gasteiger partial charge in [-0.2, -0.15) is 5.10 Å². The van der Waals surface area contributed by atoms with Gasteiger partial charge in [0.05, 0.1) is 22.0 Å². The Hall–Kier alpha value is -0.630. The molecule has 0 amide bonds. The van der Waals surface area contributed by atoms with Crippen LogP contribution >= 0.6 is 38.5 Å². The average molecular weight is 379 g/mol. The van der Waals surface area contributed by atoms with Crippen LogP contribution < -0.4 is 5.73 Å². The van der Waals surface area contributed by atoms with Crippen molar-refractivity contribution in [2.24, 2.45) is 0 Å². The number of rotatable bonds is 2. The van der Waals surface area contributed by atoms with Crippen molar-refractivity contribution in [2.75, 3.05) is 5.73 Å². The van der Waals surface area contributed by atoms with E-state index < -0.39 is 0 Å². The topological polar surface area (TPSA) is 56.7 Å². The SMILES string of the molecule is Nc1c(I)cnn1Cc1ccc(Br)cn1. The van der Waals surface area contributed by atoms with E-state index in [1.165, 1.54) is 0 Å². The first-order chi connectivity index (χ1) is 7.16. The molecule has 0 aromatic carbocycles. The first-order valence-corrected chi connectivity index (χ1v) is 6.11. The Morgan fingerprint density at radius 1 is 1.40 bits per heavy atom. The molecule has 0 aliphatic carbocycles. The van der Waals surface area contributed by atoms with Crippen molar-refractivity contribution < 1.29 is 0 Å². The molecule has 15 heavy (non-hydrogen) atoms. The largest absolute Gasteiger partial charge is 0.383 e. The Labute approximate surface area is 109 Å². The van der Waals surface area contributed by atoms with E-state index in [-0.39, 0.29) is 0 Å². The zero-order valence-electron chi connectivity index (χ0n) is 7.69. The molecule has 2 N–H and O–H groups in total. The van der Waals surface area contributed by atoms with Crippen molar-refractivity contribution in [3.8, 4) is 0 Å². The summed E-state index contributed by atoms with van der Waals surface area (Å²) in [6.45, 7) is 0.599. The highest BCUT2D eigenvalue weighted by atomic mass is 127. The molecule has 0 aliphatic rings. The fourth-order valence-corrected chi connectivity index (χ4v) is 1.79. The van der Waals surface area contributed by atoms with Crippen molar-refractivity contribution in [1.82, 2.24) is 14.8 Å². The van der Waals surface area contributed by atoms with E-state index in [2.05, 4.69) is 48.6 Å². The number of hydrogen-bond donors (Lipinski definition) is 1. The molecule has 0 radical (unpaired) electrons. The van der Waals surface area contributed by atoms with E-state index in [1.807, 2.05) is 12.1 Å². The summed E-state index contributed by atoms with van der Waals surface area (Å²) in [6.07, 6.45) is 3.51. The van der Waals surface area contributed by atoms with Gasteiger partial charge < -0.3 is 5.73 Å². The maximum atomic E-state index is 5.84. The van der Waals surface area contributed by atoms with E-state index in [9.17, 15) is 0 Å². The molecule has 4 nitrogen and oxygen atoms in total. The van der Waals surface area contributed by atoms with Gasteiger partial charge in [-0.05, 0) is 50.7 Å². The fraction of sp³-hybridized carbons (Fsp3) is 0.111. The Balaban J connectivity index is 2.22. The van der Waals surface area contributed by atoms with E-state index in [0.717, 1.165) is 13.7 Å². The van der Waals surface area contributed by atoms with E-state index in [1.54, 1.807) is 17.1 Å². The molecule has 0 unspecified atom stereocenters. The van der Waals surface area contributed by atoms with Crippen LogP contribution in [0.1, 0.15) is 5.69 Å². The number of aromatic nitrogens is 3. The summed E-state index contributed by atoms with van der Waals surface area (Å²) in [4.78, 5) is 4.26. The lowest BCUT2D eigenvalue weighted by Gasteiger charge is -2.03. The number of halogens is 2. The maximum Gasteiger partial charge on any atom is 0.135 e. The lowest BCUT2D eigenvalue weighted by atomic mass is 10.3. The summed E-state index contributed by atoms with van der Waals surface area (Å²) in [5.74, 6) is 0.681. The summed E-state index contributed by atoms with van der Waals surface area (Å²) in [7, 11) is 0. The maximum absolute atomic E-state index is 5.84. The number of anilines is 1. The van der Waals surface area contributed by atoms with Gasteiger partial charge in [0.25, 0.3) is 0 Å². The van der Waals surface area contributed by atoms with Gasteiger partial charge in [0.1, 0.15) is 5.82 Å². The molecule has 0 fully saturated rings. The highest BCUT2D eigenvalue weighted by Crippen LogP contribution is 2.15. The first-order valence-electron chi connectivity index (χ1n) is 4.24. The van der Waals surface area contributed by atoms with Crippen molar-refractivity contribution in [2.45, 2.75) is 6.54 Å². The molecule has 6 heteroatoms. The van der Waals surface area contributed by atoms with Crippen LogP contribution in [0.4, 0.5) is 5.82 Å². The van der Waals surface area contributed by atoms with Crippen LogP contribution in [0.3, 0.4) is 0 Å². The number of nitrogens with zero attached hydrogens (tertiary/aromatic N) is 3. The van der Waals surface area contributed by atoms with Gasteiger partial charge in [0.15, 0.2) is 0 Å². The molecule has 78 valence electrons. The average Bonchev–Trinajstić information content (AvgIpc) is 2.53. The summed E-state index contributed by atoms with van der Waals surface area (Å²) in [5, 5.41) is 4.17. The molecule has 2 rings (SSSR count). The van der Waals surface area contributed by atoms with Gasteiger partial charge in [-0.15, -0.1) is 0 Å². The van der Waals surface area contributed by atoms with Crippen molar-refractivity contribution in [3.63, 3.8) is 0 Å². The summed E-state index contributed by atoms with van der Waals surface area (Å²) in [5.41, 5.74) is 6.77. The highest BCUT2D eigenvalue weighted by Gasteiger charge is 2.05. The number of nitrogen functional groups attached to an aromatic ring is 1. The van der Waals surface area contributed by atoms with E-state index in [4.69, 9.17) is 5.73 Å². The Morgan fingerprint density at radius 2 is 2.20 bits per heavy atom. The standard InChI is InChI=1S/C9H8BrIN4/c10-6-1-2-7(13-3-6)5-15-9(12)8(11)4-14-15/h1-4H,5,12H2. The third-order valence-corrected chi connectivity index (χ3v) is 3.23. The van der Waals surface area contributed by atoms with Crippen LogP contribution in [0.15, 0.2) is 29.0 Å². The summed E-state index contributed by atoms with van der Waals surface area (Å²) < 4.78 is 3.66. The zero-order chi connectivity index (χ0) is 10.8. The predicted molar refractivity (Wildman–Crippen MR) is 70.4 cm³/mol. The van der Waals surface area contributed by atoms with Crippen molar-refractivity contribution in [1.29, 1.82) is 0 Å². The number of nitrogens with two attached hydrogens (primary N) is 1. The quantitative estimate of drug-likeness (QED) is 0.815. The molecule has 0 saturated carbocycles. The Bertz CT molecular complexity index is 465. The lowest BCUT2D eigenvalue weighted by Crippen LogP contribution is -2.07. The molecular weight excluding hydrogens is 371 g/mol. The van der Waals surface area contributed by atoms with Gasteiger partial charge >= 0.3 is 0 Å². The molecule has 0 bridgehead atoms. The van der Waals surface area contributed by atoms with E-state index >= 15 is 0 Å². The second kappa shape index (κ2) is 4.48. The van der Waals surface area contributed by atoms with Crippen LogP contribution in [0, 0.1) is 3.57 Å². The monoisotopic (exact) mass is 378 g/mol. The summed E-state index contributed by atoms with van der Waals surface area (Å²) in [6, 6.07) is 3.89. The van der Waals surface area contributed by atoms with Crippen LogP contribution in [0.25, 0.3) is 0 Å². The van der Waals surface area contributed by atoms with Gasteiger partial charge in [-0.25, -0.2) is 4.68 Å². The second-order valence-corrected chi connectivity index (χ2v) is 5.08. The van der Waals surface area contributed by atoms with Crippen molar-refractivity contribution >= 4 is 44.3 Å². The highest BCUT2D eigenvalue weighted by molar-refractivity contribution is 14.1. The normalized spacial score (nSPS) is 10.5. The minimum Gasteiger partial charge on any atom is -0.383 e. The molecule has 0 spiro atoms. The van der Waals surface area contributed by atoms with Crippen LogP contribution in [0.5, 0.6) is 0 Å². The predicted octanol–water partition coefficient (Wildman–Crippen LogP) is 2.28.